The van der Waals surface area contributed by atoms with Crippen LogP contribution in [0.25, 0.3) is 0 Å². The third-order valence-corrected chi connectivity index (χ3v) is 6.19. The molecule has 0 bridgehead atoms. The van der Waals surface area contributed by atoms with Gasteiger partial charge in [-0.15, -0.1) is 45.5 Å². The van der Waals surface area contributed by atoms with E-state index in [0.29, 0.717) is 13.1 Å². The highest BCUT2D eigenvalue weighted by atomic mass is 127. The fourth-order valence-corrected chi connectivity index (χ4v) is 4.01. The Kier molecular flexibility index (Phi) is 9.43. The van der Waals surface area contributed by atoms with E-state index in [-0.39, 0.29) is 24.0 Å². The topological polar surface area (TPSA) is 85.0 Å². The largest absolute Gasteiger partial charge is 0.356 e. The molecule has 4 rings (SSSR count). The van der Waals surface area contributed by atoms with Gasteiger partial charge in [0, 0.05) is 30.9 Å². The molecule has 0 aliphatic carbocycles. The summed E-state index contributed by atoms with van der Waals surface area (Å²) in [5.74, 6) is 2.52. The van der Waals surface area contributed by atoms with Gasteiger partial charge in [-0.2, -0.15) is 5.10 Å². The number of benzene rings is 1. The Labute approximate surface area is 215 Å². The SMILES string of the molecule is Cc1nnc(CNC(=NCc2ccccc2Cn2cccn2)NCCc2cccs2)n1C.I. The minimum Gasteiger partial charge on any atom is -0.356 e. The molecule has 33 heavy (non-hydrogen) atoms. The molecule has 174 valence electrons. The summed E-state index contributed by atoms with van der Waals surface area (Å²) in [5, 5.41) is 21.7. The number of hydrogen-bond acceptors (Lipinski definition) is 5. The van der Waals surface area contributed by atoms with Gasteiger partial charge in [0.15, 0.2) is 11.8 Å². The quantitative estimate of drug-likeness (QED) is 0.181. The van der Waals surface area contributed by atoms with Crippen molar-refractivity contribution >= 4 is 41.3 Å². The van der Waals surface area contributed by atoms with Gasteiger partial charge >= 0.3 is 0 Å². The molecule has 3 heterocycles. The Balaban J connectivity index is 0.00000306. The van der Waals surface area contributed by atoms with Gasteiger partial charge in [-0.1, -0.05) is 30.3 Å². The first kappa shape index (κ1) is 24.9. The highest BCUT2D eigenvalue weighted by Crippen LogP contribution is 2.12. The number of thiophene rings is 1. The zero-order valence-corrected chi connectivity index (χ0v) is 22.0. The summed E-state index contributed by atoms with van der Waals surface area (Å²) in [6.07, 6.45) is 4.73. The predicted molar refractivity (Wildman–Crippen MR) is 143 cm³/mol. The molecule has 0 atom stereocenters. The zero-order valence-electron chi connectivity index (χ0n) is 18.8. The van der Waals surface area contributed by atoms with Crippen LogP contribution in [0.1, 0.15) is 27.7 Å². The minimum absolute atomic E-state index is 0. The van der Waals surface area contributed by atoms with Crippen molar-refractivity contribution in [2.24, 2.45) is 12.0 Å². The van der Waals surface area contributed by atoms with Crippen LogP contribution in [0.4, 0.5) is 0 Å². The third kappa shape index (κ3) is 7.13. The highest BCUT2D eigenvalue weighted by Gasteiger charge is 2.08. The van der Waals surface area contributed by atoms with Gasteiger partial charge < -0.3 is 15.2 Å². The predicted octanol–water partition coefficient (Wildman–Crippen LogP) is 3.53. The summed E-state index contributed by atoms with van der Waals surface area (Å²) in [6.45, 7) is 4.60. The molecule has 0 saturated heterocycles. The molecule has 0 spiro atoms. The molecule has 0 aliphatic heterocycles. The van der Waals surface area contributed by atoms with E-state index in [9.17, 15) is 0 Å². The molecule has 0 aliphatic rings. The number of aryl methyl sites for hydroxylation is 1. The van der Waals surface area contributed by atoms with Gasteiger partial charge in [0.05, 0.1) is 19.6 Å². The van der Waals surface area contributed by atoms with E-state index in [0.717, 1.165) is 37.1 Å². The van der Waals surface area contributed by atoms with Crippen molar-refractivity contribution < 1.29 is 0 Å². The third-order valence-electron chi connectivity index (χ3n) is 5.26. The lowest BCUT2D eigenvalue weighted by Crippen LogP contribution is -2.38. The van der Waals surface area contributed by atoms with Crippen molar-refractivity contribution in [2.45, 2.75) is 33.0 Å². The van der Waals surface area contributed by atoms with E-state index < -0.39 is 0 Å². The molecule has 3 aromatic heterocycles. The molecular formula is C23H29IN8S. The lowest BCUT2D eigenvalue weighted by molar-refractivity contribution is 0.680. The second-order valence-corrected chi connectivity index (χ2v) is 8.50. The summed E-state index contributed by atoms with van der Waals surface area (Å²) in [4.78, 5) is 6.22. The number of hydrogen-bond donors (Lipinski definition) is 2. The molecular weight excluding hydrogens is 547 g/mol. The Morgan fingerprint density at radius 1 is 1.06 bits per heavy atom. The maximum Gasteiger partial charge on any atom is 0.191 e. The normalized spacial score (nSPS) is 11.3. The van der Waals surface area contributed by atoms with Crippen LogP contribution in [0.5, 0.6) is 0 Å². The smallest absolute Gasteiger partial charge is 0.191 e. The van der Waals surface area contributed by atoms with Gasteiger partial charge in [0.25, 0.3) is 0 Å². The second-order valence-electron chi connectivity index (χ2n) is 7.47. The Morgan fingerprint density at radius 3 is 2.61 bits per heavy atom. The van der Waals surface area contributed by atoms with Crippen molar-refractivity contribution in [1.82, 2.24) is 35.2 Å². The number of aliphatic imine (C=N–C) groups is 1. The lowest BCUT2D eigenvalue weighted by atomic mass is 10.1. The first-order valence-corrected chi connectivity index (χ1v) is 11.5. The van der Waals surface area contributed by atoms with Gasteiger partial charge in [0.2, 0.25) is 0 Å². The number of rotatable bonds is 9. The second kappa shape index (κ2) is 12.5. The van der Waals surface area contributed by atoms with Crippen LogP contribution in [0, 0.1) is 6.92 Å². The van der Waals surface area contributed by atoms with Crippen LogP contribution in [0.2, 0.25) is 0 Å². The zero-order chi connectivity index (χ0) is 22.2. The van der Waals surface area contributed by atoms with Gasteiger partial charge in [-0.25, -0.2) is 4.99 Å². The average molecular weight is 577 g/mol. The van der Waals surface area contributed by atoms with Crippen molar-refractivity contribution in [1.29, 1.82) is 0 Å². The molecule has 0 amide bonds. The van der Waals surface area contributed by atoms with Crippen LogP contribution >= 0.6 is 35.3 Å². The van der Waals surface area contributed by atoms with Gasteiger partial charge in [-0.05, 0) is 42.0 Å². The summed E-state index contributed by atoms with van der Waals surface area (Å²) in [6, 6.07) is 14.5. The van der Waals surface area contributed by atoms with Crippen molar-refractivity contribution in [3.05, 3.63) is 87.9 Å². The van der Waals surface area contributed by atoms with E-state index in [2.05, 4.69) is 67.7 Å². The molecule has 0 fully saturated rings. The maximum atomic E-state index is 4.86. The summed E-state index contributed by atoms with van der Waals surface area (Å²) >= 11 is 1.77. The van der Waals surface area contributed by atoms with E-state index in [1.807, 2.05) is 35.5 Å². The summed E-state index contributed by atoms with van der Waals surface area (Å²) < 4.78 is 3.91. The van der Waals surface area contributed by atoms with Crippen molar-refractivity contribution in [2.75, 3.05) is 6.54 Å². The van der Waals surface area contributed by atoms with Crippen LogP contribution < -0.4 is 10.6 Å². The summed E-state index contributed by atoms with van der Waals surface area (Å²) in [7, 11) is 1.97. The van der Waals surface area contributed by atoms with E-state index in [1.165, 1.54) is 16.0 Å². The van der Waals surface area contributed by atoms with Crippen LogP contribution in [-0.4, -0.2) is 37.0 Å². The molecule has 8 nitrogen and oxygen atoms in total. The van der Waals surface area contributed by atoms with E-state index in [4.69, 9.17) is 4.99 Å². The van der Waals surface area contributed by atoms with Crippen molar-refractivity contribution in [3.63, 3.8) is 0 Å². The number of nitrogens with zero attached hydrogens (tertiary/aromatic N) is 6. The molecule has 0 radical (unpaired) electrons. The number of nitrogens with one attached hydrogen (secondary N) is 2. The molecule has 10 heteroatoms. The van der Waals surface area contributed by atoms with E-state index in [1.54, 1.807) is 17.5 Å². The molecule has 0 saturated carbocycles. The van der Waals surface area contributed by atoms with Gasteiger partial charge in [0.1, 0.15) is 5.82 Å². The molecule has 1 aromatic carbocycles. The molecule has 4 aromatic rings. The number of guanidine groups is 1. The fourth-order valence-electron chi connectivity index (χ4n) is 3.30. The van der Waals surface area contributed by atoms with Gasteiger partial charge in [-0.3, -0.25) is 4.68 Å². The Hall–Kier alpha value is -2.73. The van der Waals surface area contributed by atoms with Crippen LogP contribution in [0.3, 0.4) is 0 Å². The standard InChI is InChI=1S/C23H28N8S.HI/c1-18-28-29-22(30(18)2)16-26-23(24-12-10-21-9-5-14-32-21)25-15-19-7-3-4-8-20(19)17-31-13-6-11-27-31;/h3-9,11,13-14H,10,12,15-17H2,1-2H3,(H2,24,25,26);1H. The first-order chi connectivity index (χ1) is 15.7. The molecule has 2 N–H and O–H groups in total. The first-order valence-electron chi connectivity index (χ1n) is 10.6. The van der Waals surface area contributed by atoms with E-state index >= 15 is 0 Å². The Morgan fingerprint density at radius 2 is 1.91 bits per heavy atom. The monoisotopic (exact) mass is 576 g/mol. The highest BCUT2D eigenvalue weighted by molar-refractivity contribution is 14.0. The molecule has 0 unspecified atom stereocenters. The fraction of sp³-hybridized carbons (Fsp3) is 0.304. The maximum absolute atomic E-state index is 4.86. The summed E-state index contributed by atoms with van der Waals surface area (Å²) in [5.41, 5.74) is 2.39. The minimum atomic E-state index is 0. The van der Waals surface area contributed by atoms with Crippen LogP contribution in [0.15, 0.2) is 65.2 Å². The van der Waals surface area contributed by atoms with Crippen LogP contribution in [-0.2, 0) is 33.1 Å². The van der Waals surface area contributed by atoms with Crippen molar-refractivity contribution in [3.8, 4) is 0 Å². The number of aromatic nitrogens is 5. The average Bonchev–Trinajstić information content (AvgIpc) is 3.56. The Bertz CT molecular complexity index is 1140. The number of halogens is 1. The lowest BCUT2D eigenvalue weighted by Gasteiger charge is -2.13.